The van der Waals surface area contributed by atoms with Crippen LogP contribution in [0.5, 0.6) is 0 Å². The SMILES string of the molecule is O=CO.c1cc(CCn2ccnc2-c2cnsc2)[nH]n1. The monoisotopic (exact) mass is 291 g/mol. The summed E-state index contributed by atoms with van der Waals surface area (Å²) in [7, 11) is 0. The van der Waals surface area contributed by atoms with Crippen LogP contribution in [0.3, 0.4) is 0 Å². The van der Waals surface area contributed by atoms with E-state index in [1.54, 1.807) is 6.20 Å². The second kappa shape index (κ2) is 7.19. The van der Waals surface area contributed by atoms with Crippen LogP contribution >= 0.6 is 11.5 Å². The fourth-order valence-electron chi connectivity index (χ4n) is 1.73. The lowest BCUT2D eigenvalue weighted by Crippen LogP contribution is -2.02. The molecule has 7 nitrogen and oxygen atoms in total. The van der Waals surface area contributed by atoms with Gasteiger partial charge in [-0.1, -0.05) is 0 Å². The minimum atomic E-state index is -0.250. The predicted octanol–water partition coefficient (Wildman–Crippen LogP) is 1.67. The normalized spacial score (nSPS) is 9.80. The average Bonchev–Trinajstić information content (AvgIpc) is 3.19. The molecule has 3 heterocycles. The van der Waals surface area contributed by atoms with E-state index in [-0.39, 0.29) is 6.47 Å². The van der Waals surface area contributed by atoms with Crippen LogP contribution < -0.4 is 0 Å². The summed E-state index contributed by atoms with van der Waals surface area (Å²) in [6.45, 7) is 0.632. The minimum Gasteiger partial charge on any atom is -0.483 e. The van der Waals surface area contributed by atoms with Crippen LogP contribution in [0.25, 0.3) is 11.4 Å². The van der Waals surface area contributed by atoms with Gasteiger partial charge in [-0.2, -0.15) is 5.10 Å². The summed E-state index contributed by atoms with van der Waals surface area (Å²) < 4.78 is 6.23. The molecule has 0 aliphatic carbocycles. The highest BCUT2D eigenvalue weighted by molar-refractivity contribution is 7.03. The molecule has 0 radical (unpaired) electrons. The van der Waals surface area contributed by atoms with Gasteiger partial charge in [0, 0.05) is 48.2 Å². The summed E-state index contributed by atoms with van der Waals surface area (Å²) in [5.74, 6) is 0.971. The van der Waals surface area contributed by atoms with E-state index in [1.807, 2.05) is 30.0 Å². The molecule has 0 saturated heterocycles. The Balaban J connectivity index is 0.000000452. The highest BCUT2D eigenvalue weighted by Crippen LogP contribution is 2.18. The van der Waals surface area contributed by atoms with Gasteiger partial charge in [-0.3, -0.25) is 9.89 Å². The number of nitrogens with zero attached hydrogens (tertiary/aromatic N) is 4. The summed E-state index contributed by atoms with van der Waals surface area (Å²) in [5.41, 5.74) is 2.21. The highest BCUT2D eigenvalue weighted by Gasteiger charge is 2.06. The van der Waals surface area contributed by atoms with E-state index in [0.717, 1.165) is 30.0 Å². The Labute approximate surface area is 119 Å². The molecule has 3 aromatic rings. The smallest absolute Gasteiger partial charge is 0.290 e. The molecule has 20 heavy (non-hydrogen) atoms. The van der Waals surface area contributed by atoms with E-state index in [4.69, 9.17) is 9.90 Å². The second-order valence-electron chi connectivity index (χ2n) is 3.79. The van der Waals surface area contributed by atoms with Crippen LogP contribution in [-0.2, 0) is 17.8 Å². The largest absolute Gasteiger partial charge is 0.483 e. The quantitative estimate of drug-likeness (QED) is 0.713. The van der Waals surface area contributed by atoms with Gasteiger partial charge in [0.05, 0.1) is 6.20 Å². The van der Waals surface area contributed by atoms with Gasteiger partial charge in [0.2, 0.25) is 0 Å². The van der Waals surface area contributed by atoms with E-state index in [9.17, 15) is 0 Å². The number of nitrogens with one attached hydrogen (secondary N) is 1. The molecule has 0 aliphatic rings. The molecule has 0 saturated carbocycles. The molecule has 0 aromatic carbocycles. The first-order chi connectivity index (χ1) is 9.85. The lowest BCUT2D eigenvalue weighted by Gasteiger charge is -2.04. The number of carbonyl (C=O) groups is 1. The third kappa shape index (κ3) is 3.51. The summed E-state index contributed by atoms with van der Waals surface area (Å²) in [6.07, 6.45) is 8.34. The molecule has 0 aliphatic heterocycles. The maximum absolute atomic E-state index is 8.36. The number of aryl methyl sites for hydroxylation is 2. The number of H-pyrrole nitrogens is 1. The van der Waals surface area contributed by atoms with Crippen molar-refractivity contribution >= 4 is 18.0 Å². The number of hydrogen-bond donors (Lipinski definition) is 2. The fraction of sp³-hybridized carbons (Fsp3) is 0.167. The van der Waals surface area contributed by atoms with Gasteiger partial charge in [0.1, 0.15) is 5.82 Å². The Kier molecular flexibility index (Phi) is 5.01. The van der Waals surface area contributed by atoms with Crippen molar-refractivity contribution < 1.29 is 9.90 Å². The van der Waals surface area contributed by atoms with Crippen LogP contribution in [0.4, 0.5) is 0 Å². The van der Waals surface area contributed by atoms with E-state index in [1.165, 1.54) is 11.5 Å². The average molecular weight is 291 g/mol. The van der Waals surface area contributed by atoms with Gasteiger partial charge < -0.3 is 9.67 Å². The lowest BCUT2D eigenvalue weighted by molar-refractivity contribution is -0.122. The van der Waals surface area contributed by atoms with Crippen LogP contribution in [-0.4, -0.2) is 35.7 Å². The Hall–Kier alpha value is -2.48. The van der Waals surface area contributed by atoms with Gasteiger partial charge in [0.15, 0.2) is 0 Å². The van der Waals surface area contributed by atoms with Crippen molar-refractivity contribution in [1.29, 1.82) is 0 Å². The predicted molar refractivity (Wildman–Crippen MR) is 74.3 cm³/mol. The molecular formula is C12H13N5O2S. The molecule has 0 atom stereocenters. The maximum Gasteiger partial charge on any atom is 0.290 e. The van der Waals surface area contributed by atoms with Crippen LogP contribution in [0, 0.1) is 0 Å². The Morgan fingerprint density at radius 1 is 1.45 bits per heavy atom. The number of aromatic nitrogens is 5. The topological polar surface area (TPSA) is 96.7 Å². The molecule has 0 bridgehead atoms. The molecule has 2 N–H and O–H groups in total. The third-order valence-corrected chi connectivity index (χ3v) is 3.17. The number of rotatable bonds is 4. The molecule has 0 fully saturated rings. The Morgan fingerprint density at radius 2 is 2.30 bits per heavy atom. The zero-order chi connectivity index (χ0) is 14.2. The van der Waals surface area contributed by atoms with Gasteiger partial charge in [-0.15, -0.1) is 0 Å². The third-order valence-electron chi connectivity index (χ3n) is 2.59. The van der Waals surface area contributed by atoms with Crippen LogP contribution in [0.1, 0.15) is 5.69 Å². The van der Waals surface area contributed by atoms with Gasteiger partial charge in [-0.25, -0.2) is 9.36 Å². The number of hydrogen-bond acceptors (Lipinski definition) is 5. The van der Waals surface area contributed by atoms with Crippen molar-refractivity contribution in [3.05, 3.63) is 41.9 Å². The number of imidazole rings is 1. The Morgan fingerprint density at radius 3 is 2.95 bits per heavy atom. The van der Waals surface area contributed by atoms with Gasteiger partial charge >= 0.3 is 0 Å². The van der Waals surface area contributed by atoms with Crippen LogP contribution in [0.2, 0.25) is 0 Å². The van der Waals surface area contributed by atoms with Crippen molar-refractivity contribution in [2.45, 2.75) is 13.0 Å². The van der Waals surface area contributed by atoms with Crippen molar-refractivity contribution in [2.75, 3.05) is 0 Å². The fourth-order valence-corrected chi connectivity index (χ4v) is 2.25. The first-order valence-corrected chi connectivity index (χ1v) is 6.65. The molecular weight excluding hydrogens is 278 g/mol. The van der Waals surface area contributed by atoms with Gasteiger partial charge in [0.25, 0.3) is 6.47 Å². The lowest BCUT2D eigenvalue weighted by atomic mass is 10.3. The summed E-state index contributed by atoms with van der Waals surface area (Å²) in [5, 5.41) is 15.8. The minimum absolute atomic E-state index is 0.250. The molecule has 8 heteroatoms. The Bertz CT molecular complexity index is 618. The summed E-state index contributed by atoms with van der Waals surface area (Å²) >= 11 is 1.44. The zero-order valence-electron chi connectivity index (χ0n) is 10.5. The van der Waals surface area contributed by atoms with E-state index in [0.29, 0.717) is 0 Å². The second-order valence-corrected chi connectivity index (χ2v) is 4.45. The summed E-state index contributed by atoms with van der Waals surface area (Å²) in [6, 6.07) is 1.99. The number of aromatic amines is 1. The zero-order valence-corrected chi connectivity index (χ0v) is 11.3. The molecule has 3 rings (SSSR count). The first-order valence-electron chi connectivity index (χ1n) is 5.82. The maximum atomic E-state index is 8.36. The standard InChI is InChI=1S/C11H11N5S.CH2O2/c1-3-13-15-10(1)2-5-16-6-4-12-11(16)9-7-14-17-8-9;2-1-3/h1,3-4,6-8H,2,5H2,(H,13,15);1H,(H,2,3). The van der Waals surface area contributed by atoms with Crippen molar-refractivity contribution in [2.24, 2.45) is 0 Å². The number of carboxylic acid groups (broad SMARTS) is 1. The van der Waals surface area contributed by atoms with Crippen molar-refractivity contribution in [3.63, 3.8) is 0 Å². The van der Waals surface area contributed by atoms with Crippen LogP contribution in [0.15, 0.2) is 36.2 Å². The van der Waals surface area contributed by atoms with Crippen molar-refractivity contribution in [3.8, 4) is 11.4 Å². The van der Waals surface area contributed by atoms with Gasteiger partial charge in [-0.05, 0) is 17.6 Å². The summed E-state index contributed by atoms with van der Waals surface area (Å²) in [4.78, 5) is 12.7. The molecule has 0 spiro atoms. The molecule has 0 amide bonds. The van der Waals surface area contributed by atoms with E-state index in [2.05, 4.69) is 24.1 Å². The first kappa shape index (κ1) is 13.9. The highest BCUT2D eigenvalue weighted by atomic mass is 32.1. The molecule has 3 aromatic heterocycles. The molecule has 0 unspecified atom stereocenters. The van der Waals surface area contributed by atoms with E-state index < -0.39 is 0 Å². The van der Waals surface area contributed by atoms with E-state index >= 15 is 0 Å². The molecule has 104 valence electrons. The van der Waals surface area contributed by atoms with Crippen molar-refractivity contribution in [1.82, 2.24) is 24.1 Å².